The molecule has 1 heterocycles. The van der Waals surface area contributed by atoms with Crippen LogP contribution >= 0.6 is 0 Å². The summed E-state index contributed by atoms with van der Waals surface area (Å²) < 4.78 is 25.9. The first kappa shape index (κ1) is 15.0. The van der Waals surface area contributed by atoms with Gasteiger partial charge >= 0.3 is 0 Å². The summed E-state index contributed by atoms with van der Waals surface area (Å²) in [6, 6.07) is 1.31. The van der Waals surface area contributed by atoms with E-state index in [1.165, 1.54) is 12.3 Å². The number of aliphatic hydroxyl groups is 1. The van der Waals surface area contributed by atoms with Crippen LogP contribution in [0.5, 0.6) is 0 Å². The zero-order chi connectivity index (χ0) is 13.6. The van der Waals surface area contributed by atoms with Crippen molar-refractivity contribution < 1.29 is 13.5 Å². The van der Waals surface area contributed by atoms with Crippen LogP contribution < -0.4 is 10.5 Å². The van der Waals surface area contributed by atoms with Gasteiger partial charge in [-0.1, -0.05) is 13.3 Å². The van der Waals surface area contributed by atoms with Crippen molar-refractivity contribution in [1.82, 2.24) is 9.71 Å². The van der Waals surface area contributed by atoms with Crippen LogP contribution in [0.2, 0.25) is 0 Å². The number of hydrogen-bond donors (Lipinski definition) is 3. The lowest BCUT2D eigenvalue weighted by molar-refractivity contribution is 0.301. The van der Waals surface area contributed by atoms with Crippen LogP contribution in [0.4, 0.5) is 0 Å². The van der Waals surface area contributed by atoms with Gasteiger partial charge in [-0.25, -0.2) is 13.1 Å². The van der Waals surface area contributed by atoms with Gasteiger partial charge in [0.1, 0.15) is 4.90 Å². The van der Waals surface area contributed by atoms with E-state index in [2.05, 4.69) is 9.71 Å². The number of rotatable bonds is 7. The lowest BCUT2D eigenvalue weighted by atomic mass is 10.1. The topological polar surface area (TPSA) is 105 Å². The second-order valence-electron chi connectivity index (χ2n) is 3.97. The van der Waals surface area contributed by atoms with Gasteiger partial charge in [0, 0.05) is 25.0 Å². The number of pyridine rings is 1. The SMILES string of the molecule is CCCC(N)c1cncc(S(=O)(=O)NCCO)c1. The van der Waals surface area contributed by atoms with E-state index in [-0.39, 0.29) is 24.1 Å². The largest absolute Gasteiger partial charge is 0.395 e. The third-order valence-corrected chi connectivity index (χ3v) is 3.90. The third-order valence-electron chi connectivity index (χ3n) is 2.48. The number of hydrogen-bond acceptors (Lipinski definition) is 5. The average molecular weight is 273 g/mol. The van der Waals surface area contributed by atoms with Crippen LogP contribution in [-0.4, -0.2) is 31.7 Å². The molecule has 1 rings (SSSR count). The highest BCUT2D eigenvalue weighted by molar-refractivity contribution is 7.89. The Morgan fingerprint density at radius 1 is 1.50 bits per heavy atom. The molecule has 1 atom stereocenters. The summed E-state index contributed by atoms with van der Waals surface area (Å²) in [5.74, 6) is 0. The number of aliphatic hydroxyl groups excluding tert-OH is 1. The Labute approximate surface area is 107 Å². The normalized spacial score (nSPS) is 13.5. The van der Waals surface area contributed by atoms with Crippen molar-refractivity contribution in [3.63, 3.8) is 0 Å². The second-order valence-corrected chi connectivity index (χ2v) is 5.74. The monoisotopic (exact) mass is 273 g/mol. The Hall–Kier alpha value is -1.02. The van der Waals surface area contributed by atoms with Gasteiger partial charge in [-0.3, -0.25) is 4.98 Å². The molecule has 0 spiro atoms. The maximum Gasteiger partial charge on any atom is 0.242 e. The molecule has 18 heavy (non-hydrogen) atoms. The molecule has 7 heteroatoms. The minimum atomic E-state index is -3.62. The molecule has 0 aliphatic carbocycles. The summed E-state index contributed by atoms with van der Waals surface area (Å²) >= 11 is 0. The van der Waals surface area contributed by atoms with Crippen LogP contribution in [-0.2, 0) is 10.0 Å². The summed E-state index contributed by atoms with van der Waals surface area (Å²) in [7, 11) is -3.62. The van der Waals surface area contributed by atoms with E-state index in [9.17, 15) is 8.42 Å². The molecule has 0 aliphatic rings. The number of nitrogens with zero attached hydrogens (tertiary/aromatic N) is 1. The predicted molar refractivity (Wildman–Crippen MR) is 68.3 cm³/mol. The zero-order valence-corrected chi connectivity index (χ0v) is 11.2. The highest BCUT2D eigenvalue weighted by Gasteiger charge is 2.15. The first-order valence-corrected chi connectivity index (χ1v) is 7.30. The average Bonchev–Trinajstić information content (AvgIpc) is 2.37. The quantitative estimate of drug-likeness (QED) is 0.656. The lowest BCUT2D eigenvalue weighted by Crippen LogP contribution is -2.27. The van der Waals surface area contributed by atoms with Crippen molar-refractivity contribution in [2.24, 2.45) is 5.73 Å². The Kier molecular flexibility index (Phi) is 5.67. The maximum atomic E-state index is 11.8. The fourth-order valence-electron chi connectivity index (χ4n) is 1.53. The molecule has 0 saturated carbocycles. The molecule has 0 amide bonds. The summed E-state index contributed by atoms with van der Waals surface area (Å²) in [5, 5.41) is 8.63. The lowest BCUT2D eigenvalue weighted by Gasteiger charge is -2.12. The van der Waals surface area contributed by atoms with Crippen LogP contribution in [0, 0.1) is 0 Å². The molecular weight excluding hydrogens is 254 g/mol. The van der Waals surface area contributed by atoms with Crippen molar-refractivity contribution in [3.05, 3.63) is 24.0 Å². The highest BCUT2D eigenvalue weighted by Crippen LogP contribution is 2.17. The standard InChI is InChI=1S/C11H19N3O3S/c1-2-3-11(12)9-6-10(8-13-7-9)18(16,17)14-4-5-15/h6-8,11,14-15H,2-5,12H2,1H3. The summed E-state index contributed by atoms with van der Waals surface area (Å²) in [4.78, 5) is 3.97. The maximum absolute atomic E-state index is 11.8. The van der Waals surface area contributed by atoms with Crippen LogP contribution in [0.3, 0.4) is 0 Å². The fraction of sp³-hybridized carbons (Fsp3) is 0.545. The van der Waals surface area contributed by atoms with Crippen molar-refractivity contribution in [2.75, 3.05) is 13.2 Å². The molecule has 0 aliphatic heterocycles. The molecule has 0 aromatic carbocycles. The third kappa shape index (κ3) is 4.02. The van der Waals surface area contributed by atoms with Gasteiger partial charge in [0.25, 0.3) is 0 Å². The first-order chi connectivity index (χ1) is 8.51. The molecule has 102 valence electrons. The van der Waals surface area contributed by atoms with E-state index in [1.807, 2.05) is 6.92 Å². The minimum Gasteiger partial charge on any atom is -0.395 e. The number of nitrogens with two attached hydrogens (primary N) is 1. The smallest absolute Gasteiger partial charge is 0.242 e. The van der Waals surface area contributed by atoms with Crippen molar-refractivity contribution >= 4 is 10.0 Å². The van der Waals surface area contributed by atoms with E-state index in [4.69, 9.17) is 10.8 Å². The minimum absolute atomic E-state index is 0.0203. The second kappa shape index (κ2) is 6.79. The molecule has 0 fully saturated rings. The Morgan fingerprint density at radius 2 is 2.22 bits per heavy atom. The number of nitrogens with one attached hydrogen (secondary N) is 1. The Morgan fingerprint density at radius 3 is 2.83 bits per heavy atom. The van der Waals surface area contributed by atoms with Gasteiger partial charge in [-0.05, 0) is 18.1 Å². The van der Waals surface area contributed by atoms with E-state index in [1.54, 1.807) is 6.20 Å². The number of sulfonamides is 1. The highest BCUT2D eigenvalue weighted by atomic mass is 32.2. The van der Waals surface area contributed by atoms with E-state index in [0.717, 1.165) is 12.8 Å². The zero-order valence-electron chi connectivity index (χ0n) is 10.3. The van der Waals surface area contributed by atoms with Gasteiger partial charge in [0.2, 0.25) is 10.0 Å². The van der Waals surface area contributed by atoms with E-state index in [0.29, 0.717) is 5.56 Å². The predicted octanol–water partition coefficient (Wildman–Crippen LogP) is 0.152. The van der Waals surface area contributed by atoms with Gasteiger partial charge in [-0.15, -0.1) is 0 Å². The molecule has 4 N–H and O–H groups in total. The Balaban J connectivity index is 2.94. The van der Waals surface area contributed by atoms with Gasteiger partial charge < -0.3 is 10.8 Å². The summed E-state index contributed by atoms with van der Waals surface area (Å²) in [6.45, 7) is 1.74. The molecule has 0 radical (unpaired) electrons. The van der Waals surface area contributed by atoms with Gasteiger partial charge in [0.05, 0.1) is 6.61 Å². The molecule has 0 saturated heterocycles. The first-order valence-electron chi connectivity index (χ1n) is 5.82. The van der Waals surface area contributed by atoms with Crippen LogP contribution in [0.25, 0.3) is 0 Å². The molecule has 6 nitrogen and oxygen atoms in total. The van der Waals surface area contributed by atoms with Crippen molar-refractivity contribution in [2.45, 2.75) is 30.7 Å². The molecular formula is C11H19N3O3S. The molecule has 0 bridgehead atoms. The van der Waals surface area contributed by atoms with Crippen molar-refractivity contribution in [1.29, 1.82) is 0 Å². The fourth-order valence-corrected chi connectivity index (χ4v) is 2.54. The summed E-state index contributed by atoms with van der Waals surface area (Å²) in [6.07, 6.45) is 4.53. The van der Waals surface area contributed by atoms with E-state index < -0.39 is 10.0 Å². The van der Waals surface area contributed by atoms with Gasteiger partial charge in [0.15, 0.2) is 0 Å². The number of aromatic nitrogens is 1. The van der Waals surface area contributed by atoms with Gasteiger partial charge in [-0.2, -0.15) is 0 Å². The van der Waals surface area contributed by atoms with Crippen molar-refractivity contribution in [3.8, 4) is 0 Å². The molecule has 1 aromatic rings. The van der Waals surface area contributed by atoms with Crippen LogP contribution in [0.15, 0.2) is 23.4 Å². The van der Waals surface area contributed by atoms with Crippen LogP contribution in [0.1, 0.15) is 31.4 Å². The van der Waals surface area contributed by atoms with E-state index >= 15 is 0 Å². The summed E-state index contributed by atoms with van der Waals surface area (Å²) in [5.41, 5.74) is 6.62. The Bertz CT molecular complexity index is 476. The molecule has 1 aromatic heterocycles. The molecule has 1 unspecified atom stereocenters.